The zero-order valence-electron chi connectivity index (χ0n) is 9.98. The standard InChI is InChI=1S/C12H13F3N2O2/c13-12(14,15)19-10-3-1-8(2-4-10)6-17-7-9(16)5-11(17)18/h1-4,9H,5-7,16H2. The average Bonchev–Trinajstić information content (AvgIpc) is 2.58. The number of hydrogen-bond donors (Lipinski definition) is 1. The van der Waals surface area contributed by atoms with Crippen LogP contribution in [-0.4, -0.2) is 29.8 Å². The second-order valence-electron chi connectivity index (χ2n) is 4.43. The molecule has 1 aliphatic rings. The van der Waals surface area contributed by atoms with Crippen molar-refractivity contribution >= 4 is 5.91 Å². The Labute approximate surface area is 107 Å². The summed E-state index contributed by atoms with van der Waals surface area (Å²) in [6.45, 7) is 0.818. The molecule has 0 aromatic heterocycles. The minimum atomic E-state index is -4.70. The van der Waals surface area contributed by atoms with E-state index in [1.165, 1.54) is 24.3 Å². The quantitative estimate of drug-likeness (QED) is 0.911. The van der Waals surface area contributed by atoms with Gasteiger partial charge in [0.05, 0.1) is 0 Å². The van der Waals surface area contributed by atoms with Crippen molar-refractivity contribution in [3.63, 3.8) is 0 Å². The summed E-state index contributed by atoms with van der Waals surface area (Å²) in [7, 11) is 0. The highest BCUT2D eigenvalue weighted by atomic mass is 19.4. The maximum atomic E-state index is 12.0. The predicted octanol–water partition coefficient (Wildman–Crippen LogP) is 1.64. The summed E-state index contributed by atoms with van der Waals surface area (Å²) in [6.07, 6.45) is -4.38. The highest BCUT2D eigenvalue weighted by molar-refractivity contribution is 5.79. The molecule has 104 valence electrons. The highest BCUT2D eigenvalue weighted by Gasteiger charge is 2.31. The van der Waals surface area contributed by atoms with Crippen molar-refractivity contribution in [2.45, 2.75) is 25.4 Å². The Balaban J connectivity index is 1.97. The Hall–Kier alpha value is -1.76. The number of halogens is 3. The average molecular weight is 274 g/mol. The maximum absolute atomic E-state index is 12.0. The van der Waals surface area contributed by atoms with Crippen LogP contribution >= 0.6 is 0 Å². The van der Waals surface area contributed by atoms with Crippen molar-refractivity contribution in [2.24, 2.45) is 5.73 Å². The first-order chi connectivity index (χ1) is 8.83. The van der Waals surface area contributed by atoms with Gasteiger partial charge in [0.1, 0.15) is 5.75 Å². The van der Waals surface area contributed by atoms with Crippen LogP contribution in [0.1, 0.15) is 12.0 Å². The van der Waals surface area contributed by atoms with Gasteiger partial charge in [-0.05, 0) is 17.7 Å². The van der Waals surface area contributed by atoms with E-state index in [0.29, 0.717) is 19.5 Å². The van der Waals surface area contributed by atoms with Crippen molar-refractivity contribution in [1.29, 1.82) is 0 Å². The number of ether oxygens (including phenoxy) is 1. The van der Waals surface area contributed by atoms with E-state index in [1.807, 2.05) is 0 Å². The Kier molecular flexibility index (Phi) is 3.66. The van der Waals surface area contributed by atoms with Crippen LogP contribution in [0.25, 0.3) is 0 Å². The topological polar surface area (TPSA) is 55.6 Å². The van der Waals surface area contributed by atoms with Gasteiger partial charge in [0.25, 0.3) is 0 Å². The number of nitrogens with zero attached hydrogens (tertiary/aromatic N) is 1. The van der Waals surface area contributed by atoms with Crippen molar-refractivity contribution in [2.75, 3.05) is 6.54 Å². The number of alkyl halides is 3. The van der Waals surface area contributed by atoms with Crippen molar-refractivity contribution in [3.8, 4) is 5.75 Å². The molecule has 0 spiro atoms. The lowest BCUT2D eigenvalue weighted by molar-refractivity contribution is -0.274. The number of amides is 1. The molecule has 0 saturated carbocycles. The third-order valence-corrected chi connectivity index (χ3v) is 2.77. The fraction of sp³-hybridized carbons (Fsp3) is 0.417. The molecule has 2 rings (SSSR count). The molecule has 4 nitrogen and oxygen atoms in total. The van der Waals surface area contributed by atoms with Crippen molar-refractivity contribution in [3.05, 3.63) is 29.8 Å². The third kappa shape index (κ3) is 3.85. The normalized spacial score (nSPS) is 19.9. The van der Waals surface area contributed by atoms with Crippen molar-refractivity contribution in [1.82, 2.24) is 4.90 Å². The first kappa shape index (κ1) is 13.7. The van der Waals surface area contributed by atoms with Gasteiger partial charge in [-0.15, -0.1) is 13.2 Å². The third-order valence-electron chi connectivity index (χ3n) is 2.77. The molecule has 0 radical (unpaired) electrons. The van der Waals surface area contributed by atoms with Gasteiger partial charge in [0.2, 0.25) is 5.91 Å². The Morgan fingerprint density at radius 2 is 1.95 bits per heavy atom. The molecule has 1 aromatic carbocycles. The van der Waals surface area contributed by atoms with Gasteiger partial charge in [-0.2, -0.15) is 0 Å². The van der Waals surface area contributed by atoms with E-state index in [4.69, 9.17) is 5.73 Å². The van der Waals surface area contributed by atoms with Gasteiger partial charge in [-0.3, -0.25) is 4.79 Å². The van der Waals surface area contributed by atoms with Gasteiger partial charge in [-0.1, -0.05) is 12.1 Å². The first-order valence-electron chi connectivity index (χ1n) is 5.71. The van der Waals surface area contributed by atoms with E-state index in [2.05, 4.69) is 4.74 Å². The van der Waals surface area contributed by atoms with Crippen LogP contribution in [-0.2, 0) is 11.3 Å². The number of rotatable bonds is 3. The summed E-state index contributed by atoms with van der Waals surface area (Å²) < 4.78 is 39.7. The zero-order chi connectivity index (χ0) is 14.0. The second kappa shape index (κ2) is 5.08. The number of nitrogens with two attached hydrogens (primary N) is 1. The Morgan fingerprint density at radius 3 is 2.42 bits per heavy atom. The van der Waals surface area contributed by atoms with E-state index in [1.54, 1.807) is 4.90 Å². The summed E-state index contributed by atoms with van der Waals surface area (Å²) in [5.41, 5.74) is 6.39. The number of carbonyl (C=O) groups excluding carboxylic acids is 1. The van der Waals surface area contributed by atoms with Crippen molar-refractivity contribution < 1.29 is 22.7 Å². The predicted molar refractivity (Wildman–Crippen MR) is 61.1 cm³/mol. The van der Waals surface area contributed by atoms with E-state index < -0.39 is 6.36 Å². The molecular weight excluding hydrogens is 261 g/mol. The zero-order valence-corrected chi connectivity index (χ0v) is 9.98. The summed E-state index contributed by atoms with van der Waals surface area (Å²) in [5.74, 6) is -0.316. The van der Waals surface area contributed by atoms with E-state index in [0.717, 1.165) is 5.56 Å². The second-order valence-corrected chi connectivity index (χ2v) is 4.43. The van der Waals surface area contributed by atoms with Crippen LogP contribution < -0.4 is 10.5 Å². The lowest BCUT2D eigenvalue weighted by atomic mass is 10.2. The Bertz CT molecular complexity index is 459. The molecule has 1 unspecified atom stereocenters. The fourth-order valence-electron chi connectivity index (χ4n) is 1.97. The lowest BCUT2D eigenvalue weighted by Crippen LogP contribution is -2.27. The number of hydrogen-bond acceptors (Lipinski definition) is 3. The van der Waals surface area contributed by atoms with Gasteiger partial charge in [0.15, 0.2) is 0 Å². The van der Waals surface area contributed by atoms with Crippen LogP contribution in [0.15, 0.2) is 24.3 Å². The van der Waals surface area contributed by atoms with Gasteiger partial charge in [0, 0.05) is 25.6 Å². The molecule has 0 aliphatic carbocycles. The molecule has 1 amide bonds. The molecule has 19 heavy (non-hydrogen) atoms. The highest BCUT2D eigenvalue weighted by Crippen LogP contribution is 2.23. The van der Waals surface area contributed by atoms with Crippen LogP contribution in [0, 0.1) is 0 Å². The largest absolute Gasteiger partial charge is 0.573 e. The van der Waals surface area contributed by atoms with Crippen LogP contribution in [0.4, 0.5) is 13.2 Å². The fourth-order valence-corrected chi connectivity index (χ4v) is 1.97. The first-order valence-corrected chi connectivity index (χ1v) is 5.71. The van der Waals surface area contributed by atoms with E-state index in [-0.39, 0.29) is 17.7 Å². The van der Waals surface area contributed by atoms with Crippen LogP contribution in [0.5, 0.6) is 5.75 Å². The molecule has 1 aliphatic heterocycles. The van der Waals surface area contributed by atoms with E-state index >= 15 is 0 Å². The monoisotopic (exact) mass is 274 g/mol. The molecule has 1 atom stereocenters. The molecule has 1 saturated heterocycles. The minimum absolute atomic E-state index is 0.0388. The molecule has 1 aromatic rings. The number of benzene rings is 1. The van der Waals surface area contributed by atoms with Gasteiger partial charge >= 0.3 is 6.36 Å². The van der Waals surface area contributed by atoms with E-state index in [9.17, 15) is 18.0 Å². The summed E-state index contributed by atoms with van der Waals surface area (Å²) in [4.78, 5) is 13.1. The molecule has 0 bridgehead atoms. The van der Waals surface area contributed by atoms with Gasteiger partial charge in [-0.25, -0.2) is 0 Å². The number of likely N-dealkylation sites (tertiary alicyclic amines) is 1. The molecular formula is C12H13F3N2O2. The molecule has 1 fully saturated rings. The summed E-state index contributed by atoms with van der Waals surface area (Å²) in [6, 6.07) is 5.28. The minimum Gasteiger partial charge on any atom is -0.406 e. The smallest absolute Gasteiger partial charge is 0.406 e. The van der Waals surface area contributed by atoms with Crippen LogP contribution in [0.3, 0.4) is 0 Å². The lowest BCUT2D eigenvalue weighted by Gasteiger charge is -2.16. The molecule has 1 heterocycles. The maximum Gasteiger partial charge on any atom is 0.573 e. The van der Waals surface area contributed by atoms with Crippen LogP contribution in [0.2, 0.25) is 0 Å². The van der Waals surface area contributed by atoms with Gasteiger partial charge < -0.3 is 15.4 Å². The SMILES string of the molecule is NC1CC(=O)N(Cc2ccc(OC(F)(F)F)cc2)C1. The Morgan fingerprint density at radius 1 is 1.32 bits per heavy atom. The summed E-state index contributed by atoms with van der Waals surface area (Å²) in [5, 5.41) is 0. The molecule has 2 N–H and O–H groups in total. The molecule has 7 heteroatoms. The summed E-state index contributed by atoms with van der Waals surface area (Å²) >= 11 is 0. The number of carbonyl (C=O) groups is 1.